The predicted octanol–water partition coefficient (Wildman–Crippen LogP) is 2.39. The Hall–Kier alpha value is -1.18. The van der Waals surface area contributed by atoms with Gasteiger partial charge in [0.2, 0.25) is 0 Å². The minimum absolute atomic E-state index is 0.944. The van der Waals surface area contributed by atoms with Crippen molar-refractivity contribution in [2.45, 2.75) is 19.3 Å². The first kappa shape index (κ1) is 7.47. The van der Waals surface area contributed by atoms with Gasteiger partial charge < -0.3 is 9.73 Å². The summed E-state index contributed by atoms with van der Waals surface area (Å²) in [6, 6.07) is 3.89. The number of hydrogen-bond donors (Lipinski definition) is 1. The van der Waals surface area contributed by atoms with Gasteiger partial charge in [0.15, 0.2) is 0 Å². The zero-order valence-electron chi connectivity index (χ0n) is 7.05. The first-order valence-corrected chi connectivity index (χ1v) is 4.43. The molecule has 0 aromatic carbocycles. The van der Waals surface area contributed by atoms with Gasteiger partial charge in [-0.05, 0) is 37.5 Å². The van der Waals surface area contributed by atoms with Crippen molar-refractivity contribution in [3.8, 4) is 0 Å². The van der Waals surface area contributed by atoms with Crippen LogP contribution in [0.25, 0.3) is 6.08 Å². The number of furan rings is 1. The minimum Gasteiger partial charge on any atom is -0.465 e. The topological polar surface area (TPSA) is 25.2 Å². The van der Waals surface area contributed by atoms with E-state index in [9.17, 15) is 0 Å². The fourth-order valence-electron chi connectivity index (χ4n) is 1.45. The molecule has 2 rings (SSSR count). The van der Waals surface area contributed by atoms with Crippen molar-refractivity contribution < 1.29 is 4.42 Å². The smallest absolute Gasteiger partial charge is 0.128 e. The van der Waals surface area contributed by atoms with Crippen LogP contribution in [0.1, 0.15) is 25.0 Å². The summed E-state index contributed by atoms with van der Waals surface area (Å²) < 4.78 is 5.22. The van der Waals surface area contributed by atoms with Crippen LogP contribution < -0.4 is 5.32 Å². The second-order valence-corrected chi connectivity index (χ2v) is 3.07. The molecule has 2 nitrogen and oxygen atoms in total. The summed E-state index contributed by atoms with van der Waals surface area (Å²) in [4.78, 5) is 0. The fraction of sp³-hybridized carbons (Fsp3) is 0.400. The lowest BCUT2D eigenvalue weighted by Gasteiger charge is -2.15. The summed E-state index contributed by atoms with van der Waals surface area (Å²) in [5.41, 5.74) is 1.30. The lowest BCUT2D eigenvalue weighted by molar-refractivity contribution is 0.550. The Morgan fingerprint density at radius 3 is 3.08 bits per heavy atom. The number of piperidine rings is 1. The summed E-state index contributed by atoms with van der Waals surface area (Å²) >= 11 is 0. The maximum atomic E-state index is 5.22. The highest BCUT2D eigenvalue weighted by atomic mass is 16.3. The third-order valence-electron chi connectivity index (χ3n) is 2.08. The Kier molecular flexibility index (Phi) is 2.16. The van der Waals surface area contributed by atoms with Gasteiger partial charge in [-0.3, -0.25) is 0 Å². The molecule has 0 aliphatic carbocycles. The molecule has 0 amide bonds. The Labute approximate surface area is 72.3 Å². The third kappa shape index (κ3) is 1.70. The summed E-state index contributed by atoms with van der Waals surface area (Å²) in [5.74, 6) is 0.944. The van der Waals surface area contributed by atoms with Gasteiger partial charge in [0, 0.05) is 12.2 Å². The maximum Gasteiger partial charge on any atom is 0.128 e. The molecule has 0 saturated carbocycles. The standard InChI is InChI=1S/C10H13NO/c1-2-6-11-9(4-1)8-10-5-3-7-12-10/h3,5,7-8,11H,1-2,4,6H2. The van der Waals surface area contributed by atoms with E-state index in [1.165, 1.54) is 18.5 Å². The van der Waals surface area contributed by atoms with Crippen LogP contribution in [-0.4, -0.2) is 6.54 Å². The molecule has 1 aliphatic rings. The molecule has 0 spiro atoms. The normalized spacial score (nSPS) is 20.8. The molecule has 1 aromatic heterocycles. The van der Waals surface area contributed by atoms with Gasteiger partial charge in [-0.2, -0.15) is 0 Å². The molecule has 0 unspecified atom stereocenters. The van der Waals surface area contributed by atoms with Crippen LogP contribution >= 0.6 is 0 Å². The SMILES string of the molecule is C(=C1CCCCN1)c1ccco1. The fourth-order valence-corrected chi connectivity index (χ4v) is 1.45. The van der Waals surface area contributed by atoms with E-state index in [1.54, 1.807) is 6.26 Å². The second kappa shape index (κ2) is 3.48. The van der Waals surface area contributed by atoms with Crippen molar-refractivity contribution in [2.24, 2.45) is 0 Å². The van der Waals surface area contributed by atoms with Gasteiger partial charge in [-0.15, -0.1) is 0 Å². The van der Waals surface area contributed by atoms with Crippen LogP contribution in [0.4, 0.5) is 0 Å². The van der Waals surface area contributed by atoms with Crippen molar-refractivity contribution in [3.05, 3.63) is 29.9 Å². The zero-order chi connectivity index (χ0) is 8.23. The maximum absolute atomic E-state index is 5.22. The molecule has 12 heavy (non-hydrogen) atoms. The van der Waals surface area contributed by atoms with E-state index in [1.807, 2.05) is 12.1 Å². The van der Waals surface area contributed by atoms with Crippen molar-refractivity contribution >= 4 is 6.08 Å². The van der Waals surface area contributed by atoms with Crippen LogP contribution in [0, 0.1) is 0 Å². The molecule has 1 fully saturated rings. The zero-order valence-corrected chi connectivity index (χ0v) is 7.05. The Bertz CT molecular complexity index is 253. The molecule has 0 atom stereocenters. The van der Waals surface area contributed by atoms with Crippen LogP contribution in [0.15, 0.2) is 28.5 Å². The van der Waals surface area contributed by atoms with E-state index in [-0.39, 0.29) is 0 Å². The third-order valence-corrected chi connectivity index (χ3v) is 2.08. The van der Waals surface area contributed by atoms with Crippen LogP contribution in [0.2, 0.25) is 0 Å². The highest BCUT2D eigenvalue weighted by Crippen LogP contribution is 2.14. The first-order valence-electron chi connectivity index (χ1n) is 4.43. The Balaban J connectivity index is 2.07. The van der Waals surface area contributed by atoms with Gasteiger partial charge in [-0.25, -0.2) is 0 Å². The molecule has 1 N–H and O–H groups in total. The summed E-state index contributed by atoms with van der Waals surface area (Å²) in [6.07, 6.45) is 7.52. The second-order valence-electron chi connectivity index (χ2n) is 3.07. The number of hydrogen-bond acceptors (Lipinski definition) is 2. The largest absolute Gasteiger partial charge is 0.465 e. The molecule has 0 radical (unpaired) electrons. The lowest BCUT2D eigenvalue weighted by atomic mass is 10.1. The van der Waals surface area contributed by atoms with Crippen molar-refractivity contribution in [3.63, 3.8) is 0 Å². The monoisotopic (exact) mass is 163 g/mol. The van der Waals surface area contributed by atoms with E-state index >= 15 is 0 Å². The molecule has 1 aliphatic heterocycles. The average Bonchev–Trinajstić information content (AvgIpc) is 2.59. The molecule has 1 aromatic rings. The highest BCUT2D eigenvalue weighted by molar-refractivity contribution is 5.46. The number of nitrogens with one attached hydrogen (secondary N) is 1. The van der Waals surface area contributed by atoms with Crippen molar-refractivity contribution in [2.75, 3.05) is 6.54 Å². The Morgan fingerprint density at radius 1 is 1.42 bits per heavy atom. The lowest BCUT2D eigenvalue weighted by Crippen LogP contribution is -2.19. The average molecular weight is 163 g/mol. The first-order chi connectivity index (χ1) is 5.95. The van der Waals surface area contributed by atoms with E-state index in [2.05, 4.69) is 11.4 Å². The highest BCUT2D eigenvalue weighted by Gasteiger charge is 2.03. The van der Waals surface area contributed by atoms with E-state index in [0.717, 1.165) is 18.7 Å². The molecule has 2 heterocycles. The van der Waals surface area contributed by atoms with Crippen LogP contribution in [0.5, 0.6) is 0 Å². The number of rotatable bonds is 1. The van der Waals surface area contributed by atoms with E-state index in [0.29, 0.717) is 0 Å². The van der Waals surface area contributed by atoms with Crippen molar-refractivity contribution in [1.82, 2.24) is 5.32 Å². The van der Waals surface area contributed by atoms with E-state index < -0.39 is 0 Å². The summed E-state index contributed by atoms with van der Waals surface area (Å²) in [7, 11) is 0. The summed E-state index contributed by atoms with van der Waals surface area (Å²) in [6.45, 7) is 1.10. The van der Waals surface area contributed by atoms with Gasteiger partial charge in [0.1, 0.15) is 5.76 Å². The van der Waals surface area contributed by atoms with Crippen LogP contribution in [-0.2, 0) is 0 Å². The number of allylic oxidation sites excluding steroid dienone is 1. The Morgan fingerprint density at radius 2 is 2.42 bits per heavy atom. The van der Waals surface area contributed by atoms with Crippen molar-refractivity contribution in [1.29, 1.82) is 0 Å². The minimum atomic E-state index is 0.944. The molecule has 2 heteroatoms. The molecule has 64 valence electrons. The van der Waals surface area contributed by atoms with E-state index in [4.69, 9.17) is 4.42 Å². The molecule has 0 bridgehead atoms. The van der Waals surface area contributed by atoms with Gasteiger partial charge in [0.05, 0.1) is 6.26 Å². The van der Waals surface area contributed by atoms with Gasteiger partial charge >= 0.3 is 0 Å². The molecular formula is C10H13NO. The van der Waals surface area contributed by atoms with Crippen LogP contribution in [0.3, 0.4) is 0 Å². The molecule has 1 saturated heterocycles. The van der Waals surface area contributed by atoms with Gasteiger partial charge in [-0.1, -0.05) is 0 Å². The van der Waals surface area contributed by atoms with Gasteiger partial charge in [0.25, 0.3) is 0 Å². The molecular weight excluding hydrogens is 150 g/mol. The summed E-state index contributed by atoms with van der Waals surface area (Å²) in [5, 5.41) is 3.36. The quantitative estimate of drug-likeness (QED) is 0.687. The predicted molar refractivity (Wildman–Crippen MR) is 48.5 cm³/mol.